The Hall–Kier alpha value is -3.10. The number of carbonyl (C=O) groups excluding carboxylic acids is 3. The molecule has 0 aliphatic heterocycles. The van der Waals surface area contributed by atoms with Gasteiger partial charge in [-0.2, -0.15) is 5.10 Å². The number of nitrogens with one attached hydrogen (secondary N) is 3. The van der Waals surface area contributed by atoms with Crippen LogP contribution in [0.3, 0.4) is 0 Å². The topological polar surface area (TPSA) is 109 Å². The summed E-state index contributed by atoms with van der Waals surface area (Å²) in [5, 5.41) is 9.44. The molecule has 0 radical (unpaired) electrons. The molecule has 8 nitrogen and oxygen atoms in total. The van der Waals surface area contributed by atoms with Gasteiger partial charge in [0.25, 0.3) is 5.91 Å². The van der Waals surface area contributed by atoms with Crippen LogP contribution in [0.1, 0.15) is 19.4 Å². The van der Waals surface area contributed by atoms with Gasteiger partial charge >= 0.3 is 11.8 Å². The van der Waals surface area contributed by atoms with Crippen molar-refractivity contribution in [1.29, 1.82) is 0 Å². The lowest BCUT2D eigenvalue weighted by Gasteiger charge is -2.09. The molecule has 0 aromatic heterocycles. The summed E-state index contributed by atoms with van der Waals surface area (Å²) in [7, 11) is 0. The minimum absolute atomic E-state index is 0.229. The summed E-state index contributed by atoms with van der Waals surface area (Å²) in [5.74, 6) is -1.39. The van der Waals surface area contributed by atoms with Gasteiger partial charge in [-0.3, -0.25) is 14.4 Å². The second kappa shape index (κ2) is 11.9. The minimum atomic E-state index is -0.861. The van der Waals surface area contributed by atoms with Gasteiger partial charge in [0.15, 0.2) is 6.61 Å². The predicted molar refractivity (Wildman–Crippen MR) is 121 cm³/mol. The smallest absolute Gasteiger partial charge is 0.329 e. The molecule has 0 spiro atoms. The Bertz CT molecular complexity index is 980. The lowest BCUT2D eigenvalue weighted by atomic mass is 10.2. The van der Waals surface area contributed by atoms with Gasteiger partial charge in [-0.25, -0.2) is 5.43 Å². The Morgan fingerprint density at radius 1 is 1.10 bits per heavy atom. The van der Waals surface area contributed by atoms with E-state index in [9.17, 15) is 14.4 Å². The van der Waals surface area contributed by atoms with Crippen molar-refractivity contribution in [2.75, 3.05) is 18.5 Å². The van der Waals surface area contributed by atoms with Gasteiger partial charge in [0.05, 0.1) is 21.9 Å². The number of carbonyl (C=O) groups is 3. The van der Waals surface area contributed by atoms with Crippen molar-refractivity contribution in [1.82, 2.24) is 10.7 Å². The standard InChI is InChI=1S/C21H22Cl2N4O4/c1-13(2)10-24-20(29)21(30)27-25-11-14-5-3-6-15(9-14)31-12-18(28)26-17-8-4-7-16(22)19(17)23/h3-9,11,13H,10,12H2,1-2H3,(H,24,29)(H,26,28)(H,27,30)/b25-11-. The van der Waals surface area contributed by atoms with Crippen molar-refractivity contribution in [3.8, 4) is 5.75 Å². The summed E-state index contributed by atoms with van der Waals surface area (Å²) in [6.45, 7) is 3.98. The largest absolute Gasteiger partial charge is 0.484 e. The fourth-order valence-electron chi connectivity index (χ4n) is 2.21. The highest BCUT2D eigenvalue weighted by Gasteiger charge is 2.12. The van der Waals surface area contributed by atoms with E-state index in [4.69, 9.17) is 27.9 Å². The molecule has 0 unspecified atom stereocenters. The van der Waals surface area contributed by atoms with Crippen molar-refractivity contribution in [2.45, 2.75) is 13.8 Å². The zero-order valence-corrected chi connectivity index (χ0v) is 18.5. The molecule has 31 heavy (non-hydrogen) atoms. The molecule has 2 rings (SSSR count). The summed E-state index contributed by atoms with van der Waals surface area (Å²) in [5.41, 5.74) is 3.13. The van der Waals surface area contributed by atoms with E-state index in [1.807, 2.05) is 13.8 Å². The van der Waals surface area contributed by atoms with Crippen molar-refractivity contribution >= 4 is 52.8 Å². The number of halogens is 2. The molecule has 0 aliphatic rings. The highest BCUT2D eigenvalue weighted by atomic mass is 35.5. The Morgan fingerprint density at radius 2 is 1.84 bits per heavy atom. The highest BCUT2D eigenvalue weighted by molar-refractivity contribution is 6.44. The zero-order chi connectivity index (χ0) is 22.8. The average Bonchev–Trinajstić information content (AvgIpc) is 2.74. The molecular weight excluding hydrogens is 443 g/mol. The third-order valence-electron chi connectivity index (χ3n) is 3.71. The first-order chi connectivity index (χ1) is 14.8. The number of hydrogen-bond acceptors (Lipinski definition) is 5. The quantitative estimate of drug-likeness (QED) is 0.316. The maximum Gasteiger partial charge on any atom is 0.329 e. The molecule has 0 saturated heterocycles. The summed E-state index contributed by atoms with van der Waals surface area (Å²) >= 11 is 12.0. The summed E-state index contributed by atoms with van der Waals surface area (Å²) in [4.78, 5) is 35.3. The lowest BCUT2D eigenvalue weighted by Crippen LogP contribution is -2.39. The number of hydrazone groups is 1. The van der Waals surface area contributed by atoms with Gasteiger partial charge in [-0.15, -0.1) is 0 Å². The van der Waals surface area contributed by atoms with Gasteiger partial charge in [-0.1, -0.05) is 55.2 Å². The maximum absolute atomic E-state index is 12.1. The zero-order valence-electron chi connectivity index (χ0n) is 16.9. The van der Waals surface area contributed by atoms with Crippen molar-refractivity contribution in [3.63, 3.8) is 0 Å². The first kappa shape index (κ1) is 24.2. The number of rotatable bonds is 8. The molecule has 0 heterocycles. The van der Waals surface area contributed by atoms with Gasteiger partial charge in [0, 0.05) is 6.54 Å². The number of nitrogens with zero attached hydrogens (tertiary/aromatic N) is 1. The summed E-state index contributed by atoms with van der Waals surface area (Å²) in [6, 6.07) is 11.6. The maximum atomic E-state index is 12.1. The van der Waals surface area contributed by atoms with Crippen LogP contribution in [0.2, 0.25) is 10.0 Å². The number of anilines is 1. The molecule has 0 bridgehead atoms. The Morgan fingerprint density at radius 3 is 2.58 bits per heavy atom. The van der Waals surface area contributed by atoms with Crippen LogP contribution in [-0.2, 0) is 14.4 Å². The van der Waals surface area contributed by atoms with Gasteiger partial charge in [-0.05, 0) is 35.7 Å². The Kier molecular flexibility index (Phi) is 9.30. The molecule has 3 N–H and O–H groups in total. The molecule has 2 aromatic carbocycles. The van der Waals surface area contributed by atoms with E-state index in [0.717, 1.165) is 0 Å². The number of hydrogen-bond donors (Lipinski definition) is 3. The molecular formula is C21H22Cl2N4O4. The fraction of sp³-hybridized carbons (Fsp3) is 0.238. The van der Waals surface area contributed by atoms with Crippen LogP contribution < -0.4 is 20.8 Å². The highest BCUT2D eigenvalue weighted by Crippen LogP contribution is 2.29. The van der Waals surface area contributed by atoms with Gasteiger partial charge in [0.1, 0.15) is 5.75 Å². The van der Waals surface area contributed by atoms with Crippen molar-refractivity contribution < 1.29 is 19.1 Å². The van der Waals surface area contributed by atoms with Crippen LogP contribution in [0.5, 0.6) is 5.75 Å². The predicted octanol–water partition coefficient (Wildman–Crippen LogP) is 3.23. The van der Waals surface area contributed by atoms with Crippen LogP contribution in [0.15, 0.2) is 47.6 Å². The van der Waals surface area contributed by atoms with Crippen LogP contribution in [-0.4, -0.2) is 37.1 Å². The molecule has 10 heteroatoms. The first-order valence-corrected chi connectivity index (χ1v) is 10.1. The van der Waals surface area contributed by atoms with Crippen LogP contribution in [0, 0.1) is 5.92 Å². The summed E-state index contributed by atoms with van der Waals surface area (Å²) in [6.07, 6.45) is 1.35. The van der Waals surface area contributed by atoms with Gasteiger partial charge < -0.3 is 15.4 Å². The average molecular weight is 465 g/mol. The normalized spacial score (nSPS) is 10.7. The Labute approximate surface area is 189 Å². The number of benzene rings is 2. The number of amides is 3. The monoisotopic (exact) mass is 464 g/mol. The second-order valence-electron chi connectivity index (χ2n) is 6.81. The van der Waals surface area contributed by atoms with Crippen LogP contribution >= 0.6 is 23.2 Å². The molecule has 0 fully saturated rings. The van der Waals surface area contributed by atoms with Crippen LogP contribution in [0.4, 0.5) is 5.69 Å². The van der Waals surface area contributed by atoms with E-state index >= 15 is 0 Å². The van der Waals surface area contributed by atoms with Crippen molar-refractivity contribution in [3.05, 3.63) is 58.1 Å². The third-order valence-corrected chi connectivity index (χ3v) is 4.53. The van der Waals surface area contributed by atoms with E-state index in [0.29, 0.717) is 28.6 Å². The minimum Gasteiger partial charge on any atom is -0.484 e. The van der Waals surface area contributed by atoms with E-state index < -0.39 is 17.7 Å². The molecule has 3 amide bonds. The lowest BCUT2D eigenvalue weighted by molar-refractivity contribution is -0.139. The van der Waals surface area contributed by atoms with E-state index in [1.165, 1.54) is 6.21 Å². The van der Waals surface area contributed by atoms with Crippen molar-refractivity contribution in [2.24, 2.45) is 11.0 Å². The van der Waals surface area contributed by atoms with E-state index in [-0.39, 0.29) is 17.5 Å². The molecule has 0 atom stereocenters. The second-order valence-corrected chi connectivity index (χ2v) is 7.60. The molecule has 164 valence electrons. The van der Waals surface area contributed by atoms with Gasteiger partial charge in [0.2, 0.25) is 0 Å². The number of ether oxygens (including phenoxy) is 1. The molecule has 2 aromatic rings. The summed E-state index contributed by atoms with van der Waals surface area (Å²) < 4.78 is 5.47. The van der Waals surface area contributed by atoms with E-state index in [2.05, 4.69) is 21.2 Å². The molecule has 0 aliphatic carbocycles. The van der Waals surface area contributed by atoms with Crippen LogP contribution in [0.25, 0.3) is 0 Å². The SMILES string of the molecule is CC(C)CNC(=O)C(=O)N/N=C\c1cccc(OCC(=O)Nc2cccc(Cl)c2Cl)c1. The molecule has 0 saturated carbocycles. The fourth-order valence-corrected chi connectivity index (χ4v) is 2.56. The Balaban J connectivity index is 1.85. The third kappa shape index (κ3) is 8.27. The first-order valence-electron chi connectivity index (χ1n) is 9.34. The van der Waals surface area contributed by atoms with E-state index in [1.54, 1.807) is 42.5 Å².